The molecular weight excluding hydrogens is 486 g/mol. The average molecular weight is 510 g/mol. The normalized spacial score (nSPS) is 15.2. The van der Waals surface area contributed by atoms with Gasteiger partial charge in [-0.1, -0.05) is 29.5 Å². The van der Waals surface area contributed by atoms with E-state index in [9.17, 15) is 19.7 Å². The van der Waals surface area contributed by atoms with Crippen molar-refractivity contribution in [3.63, 3.8) is 0 Å². The van der Waals surface area contributed by atoms with E-state index in [2.05, 4.69) is 4.99 Å². The molecule has 4 rings (SSSR count). The first-order chi connectivity index (χ1) is 17.3. The van der Waals surface area contributed by atoms with Crippen molar-refractivity contribution in [3.05, 3.63) is 94.7 Å². The minimum Gasteiger partial charge on any atom is -0.496 e. The SMILES string of the molecule is CCOC(=O)C1=C(C)N=c2s/c(=C/c3cc([N+](=O)[O-])ccc3OC)c(=O)n2[C@H]1c1ccccc1OC. The number of allylic oxidation sites excluding steroid dienone is 1. The zero-order valence-electron chi connectivity index (χ0n) is 20.0. The Bertz CT molecular complexity index is 1570. The maximum Gasteiger partial charge on any atom is 0.338 e. The lowest BCUT2D eigenvalue weighted by atomic mass is 9.95. The zero-order valence-corrected chi connectivity index (χ0v) is 20.8. The molecule has 1 aliphatic rings. The maximum absolute atomic E-state index is 13.7. The number of thiazole rings is 1. The van der Waals surface area contributed by atoms with E-state index in [-0.39, 0.29) is 22.4 Å². The summed E-state index contributed by atoms with van der Waals surface area (Å²) in [7, 11) is 2.95. The first-order valence-electron chi connectivity index (χ1n) is 11.0. The van der Waals surface area contributed by atoms with Gasteiger partial charge in [0.1, 0.15) is 17.5 Å². The molecule has 2 aromatic carbocycles. The minimum absolute atomic E-state index is 0.137. The smallest absolute Gasteiger partial charge is 0.338 e. The molecule has 11 heteroatoms. The fourth-order valence-electron chi connectivity index (χ4n) is 4.07. The van der Waals surface area contributed by atoms with Crippen molar-refractivity contribution in [1.82, 2.24) is 4.57 Å². The van der Waals surface area contributed by atoms with E-state index in [0.29, 0.717) is 33.1 Å². The lowest BCUT2D eigenvalue weighted by Gasteiger charge is -2.25. The van der Waals surface area contributed by atoms with Gasteiger partial charge in [-0.15, -0.1) is 0 Å². The molecule has 3 aromatic rings. The van der Waals surface area contributed by atoms with Crippen molar-refractivity contribution in [2.75, 3.05) is 20.8 Å². The van der Waals surface area contributed by atoms with E-state index in [1.165, 1.54) is 43.1 Å². The Kier molecular flexibility index (Phi) is 7.02. The number of nitro benzene ring substituents is 1. The van der Waals surface area contributed by atoms with Crippen LogP contribution >= 0.6 is 11.3 Å². The van der Waals surface area contributed by atoms with Crippen LogP contribution in [-0.4, -0.2) is 36.3 Å². The van der Waals surface area contributed by atoms with Crippen molar-refractivity contribution >= 4 is 29.1 Å². The topological polar surface area (TPSA) is 122 Å². The Morgan fingerprint density at radius 3 is 2.58 bits per heavy atom. The van der Waals surface area contributed by atoms with Gasteiger partial charge in [-0.2, -0.15) is 0 Å². The van der Waals surface area contributed by atoms with Gasteiger partial charge in [0.25, 0.3) is 11.2 Å². The number of aromatic nitrogens is 1. The van der Waals surface area contributed by atoms with Crippen molar-refractivity contribution in [1.29, 1.82) is 0 Å². The summed E-state index contributed by atoms with van der Waals surface area (Å²) in [6, 6.07) is 10.4. The van der Waals surface area contributed by atoms with Crippen LogP contribution in [0.15, 0.2) is 63.5 Å². The second-order valence-electron chi connectivity index (χ2n) is 7.73. The third-order valence-corrected chi connectivity index (χ3v) is 6.64. The molecular formula is C25H23N3O7S. The van der Waals surface area contributed by atoms with Gasteiger partial charge in [-0.05, 0) is 32.1 Å². The number of methoxy groups -OCH3 is 2. The monoisotopic (exact) mass is 509 g/mol. The van der Waals surface area contributed by atoms with Gasteiger partial charge < -0.3 is 14.2 Å². The third kappa shape index (κ3) is 4.40. The molecule has 1 aliphatic heterocycles. The highest BCUT2D eigenvalue weighted by atomic mass is 32.1. The molecule has 0 saturated carbocycles. The predicted molar refractivity (Wildman–Crippen MR) is 133 cm³/mol. The first-order valence-corrected chi connectivity index (χ1v) is 11.8. The standard InChI is InChI=1S/C25H23N3O7S/c1-5-35-24(30)21-14(2)26-25-27(22(21)17-8-6-7-9-19(17)34-4)23(29)20(36-25)13-15-12-16(28(31)32)10-11-18(15)33-3/h6-13,22H,5H2,1-4H3/b20-13+/t22-/m0/s1. The van der Waals surface area contributed by atoms with Crippen LogP contribution in [-0.2, 0) is 9.53 Å². The van der Waals surface area contributed by atoms with Crippen LogP contribution in [0.1, 0.15) is 31.0 Å². The molecule has 0 unspecified atom stereocenters. The second-order valence-corrected chi connectivity index (χ2v) is 8.74. The van der Waals surface area contributed by atoms with Crippen LogP contribution in [0, 0.1) is 10.1 Å². The van der Waals surface area contributed by atoms with Crippen molar-refractivity contribution in [2.45, 2.75) is 19.9 Å². The van der Waals surface area contributed by atoms with Crippen LogP contribution < -0.4 is 24.4 Å². The van der Waals surface area contributed by atoms with Gasteiger partial charge in [0, 0.05) is 23.3 Å². The molecule has 0 saturated heterocycles. The van der Waals surface area contributed by atoms with Crippen molar-refractivity contribution in [2.24, 2.45) is 4.99 Å². The number of carbonyl (C=O) groups excluding carboxylic acids is 1. The third-order valence-electron chi connectivity index (χ3n) is 5.66. The van der Waals surface area contributed by atoms with Gasteiger partial charge in [0.2, 0.25) is 0 Å². The molecule has 0 spiro atoms. The Labute approximate surface area is 209 Å². The molecule has 36 heavy (non-hydrogen) atoms. The van der Waals surface area contributed by atoms with Crippen molar-refractivity contribution in [3.8, 4) is 11.5 Å². The van der Waals surface area contributed by atoms with E-state index >= 15 is 0 Å². The summed E-state index contributed by atoms with van der Waals surface area (Å²) >= 11 is 1.11. The highest BCUT2D eigenvalue weighted by Gasteiger charge is 2.35. The molecule has 0 radical (unpaired) electrons. The molecule has 0 amide bonds. The minimum atomic E-state index is -0.842. The van der Waals surface area contributed by atoms with Gasteiger partial charge >= 0.3 is 5.97 Å². The number of non-ortho nitro benzene ring substituents is 1. The van der Waals surface area contributed by atoms with Gasteiger partial charge in [-0.3, -0.25) is 19.5 Å². The summed E-state index contributed by atoms with van der Waals surface area (Å²) in [6.45, 7) is 3.55. The lowest BCUT2D eigenvalue weighted by molar-refractivity contribution is -0.384. The number of benzene rings is 2. The van der Waals surface area contributed by atoms with Crippen LogP contribution in [0.4, 0.5) is 5.69 Å². The van der Waals surface area contributed by atoms with E-state index in [1.54, 1.807) is 38.1 Å². The molecule has 0 fully saturated rings. The van der Waals surface area contributed by atoms with Crippen LogP contribution in [0.2, 0.25) is 0 Å². The van der Waals surface area contributed by atoms with Gasteiger partial charge in [-0.25, -0.2) is 9.79 Å². The molecule has 1 aromatic heterocycles. The summed E-state index contributed by atoms with van der Waals surface area (Å²) in [5.41, 5.74) is 1.06. The van der Waals surface area contributed by atoms with Crippen molar-refractivity contribution < 1.29 is 23.9 Å². The lowest BCUT2D eigenvalue weighted by Crippen LogP contribution is -2.40. The Morgan fingerprint density at radius 1 is 1.19 bits per heavy atom. The number of hydrogen-bond donors (Lipinski definition) is 0. The number of nitro groups is 1. The summed E-state index contributed by atoms with van der Waals surface area (Å²) in [4.78, 5) is 42.4. The Balaban J connectivity index is 2.01. The number of rotatable bonds is 7. The second kappa shape index (κ2) is 10.2. The maximum atomic E-state index is 13.7. The number of nitrogens with zero attached hydrogens (tertiary/aromatic N) is 3. The largest absolute Gasteiger partial charge is 0.496 e. The number of esters is 1. The van der Waals surface area contributed by atoms with Gasteiger partial charge in [0.15, 0.2) is 4.80 Å². The number of carbonyl (C=O) groups is 1. The Hall–Kier alpha value is -4.25. The highest BCUT2D eigenvalue weighted by molar-refractivity contribution is 7.07. The predicted octanol–water partition coefficient (Wildman–Crippen LogP) is 2.72. The molecule has 10 nitrogen and oxygen atoms in total. The number of ether oxygens (including phenoxy) is 3. The molecule has 0 N–H and O–H groups in total. The number of para-hydroxylation sites is 1. The van der Waals surface area contributed by atoms with Gasteiger partial charge in [0.05, 0.1) is 41.6 Å². The van der Waals surface area contributed by atoms with E-state index < -0.39 is 22.5 Å². The van der Waals surface area contributed by atoms with Crippen LogP contribution in [0.3, 0.4) is 0 Å². The fourth-order valence-corrected chi connectivity index (χ4v) is 5.10. The number of hydrogen-bond acceptors (Lipinski definition) is 9. The van der Waals surface area contributed by atoms with Crippen LogP contribution in [0.5, 0.6) is 11.5 Å². The molecule has 0 aliphatic carbocycles. The molecule has 1 atom stereocenters. The summed E-state index contributed by atoms with van der Waals surface area (Å²) in [5.74, 6) is 0.286. The Morgan fingerprint density at radius 2 is 1.92 bits per heavy atom. The van der Waals surface area contributed by atoms with Crippen LogP contribution in [0.25, 0.3) is 6.08 Å². The molecule has 0 bridgehead atoms. The summed E-state index contributed by atoms with van der Waals surface area (Å²) in [5, 5.41) is 11.3. The molecule has 186 valence electrons. The van der Waals surface area contributed by atoms with E-state index in [4.69, 9.17) is 14.2 Å². The first kappa shape index (κ1) is 24.9. The van der Waals surface area contributed by atoms with E-state index in [1.807, 2.05) is 0 Å². The summed E-state index contributed by atoms with van der Waals surface area (Å²) in [6.07, 6.45) is 1.53. The molecule has 2 heterocycles. The van der Waals surface area contributed by atoms with E-state index in [0.717, 1.165) is 11.3 Å². The quantitative estimate of drug-likeness (QED) is 0.273. The average Bonchev–Trinajstić information content (AvgIpc) is 3.17. The zero-order chi connectivity index (χ0) is 26.0. The fraction of sp³-hybridized carbons (Fsp3) is 0.240. The summed E-state index contributed by atoms with van der Waals surface area (Å²) < 4.78 is 17.9. The highest BCUT2D eigenvalue weighted by Crippen LogP contribution is 2.35. The number of fused-ring (bicyclic) bond motifs is 1.